The summed E-state index contributed by atoms with van der Waals surface area (Å²) in [5.41, 5.74) is 0. The molecule has 0 aliphatic heterocycles. The van der Waals surface area contributed by atoms with Gasteiger partial charge in [-0.05, 0) is 20.8 Å². The summed E-state index contributed by atoms with van der Waals surface area (Å²) in [5, 5.41) is 0. The predicted molar refractivity (Wildman–Crippen MR) is 115 cm³/mol. The summed E-state index contributed by atoms with van der Waals surface area (Å²) < 4.78 is 1.63. The van der Waals surface area contributed by atoms with Gasteiger partial charge >= 0.3 is 17.1 Å². The van der Waals surface area contributed by atoms with Gasteiger partial charge in [-0.1, -0.05) is 13.0 Å². The molecule has 0 unspecified atom stereocenters. The third kappa shape index (κ3) is 23.1. The van der Waals surface area contributed by atoms with Crippen molar-refractivity contribution in [1.82, 2.24) is 14.7 Å². The van der Waals surface area contributed by atoms with E-state index in [2.05, 4.69) is 74.5 Å². The van der Waals surface area contributed by atoms with Crippen molar-refractivity contribution < 1.29 is 17.1 Å². The summed E-state index contributed by atoms with van der Waals surface area (Å²) in [6.07, 6.45) is 0. The van der Waals surface area contributed by atoms with E-state index in [-0.39, 0.29) is 17.1 Å². The van der Waals surface area contributed by atoms with Crippen LogP contribution in [0.4, 0.5) is 0 Å². The first kappa shape index (κ1) is 30.7. The maximum absolute atomic E-state index is 4.66. The van der Waals surface area contributed by atoms with Gasteiger partial charge in [-0.25, -0.2) is 0 Å². The maximum atomic E-state index is 4.66. The van der Waals surface area contributed by atoms with Crippen LogP contribution in [0.1, 0.15) is 20.8 Å². The Balaban J connectivity index is -0.000000108. The van der Waals surface area contributed by atoms with Gasteiger partial charge in [-0.2, -0.15) is 0 Å². The van der Waals surface area contributed by atoms with Crippen LogP contribution in [-0.2, 0) is 55.0 Å². The first-order chi connectivity index (χ1) is 9.54. The second kappa shape index (κ2) is 19.9. The number of thiocarbonyl (C=S) groups is 3. The Bertz CT molecular complexity index is 270. The SMILES string of the molecule is CCN(C)C(=S)[S-].CCN(C)C(=S)[S-].CCN(C)C(=S)[S-].[Fe+3]. The van der Waals surface area contributed by atoms with E-state index in [1.54, 1.807) is 0 Å². The zero-order valence-electron chi connectivity index (χ0n) is 13.8. The van der Waals surface area contributed by atoms with Gasteiger partial charge in [0.05, 0.1) is 0 Å². The molecule has 0 atom stereocenters. The molecule has 131 valence electrons. The molecule has 0 N–H and O–H groups in total. The molecule has 0 aromatic carbocycles. The van der Waals surface area contributed by atoms with E-state index in [9.17, 15) is 0 Å². The van der Waals surface area contributed by atoms with E-state index in [1.165, 1.54) is 0 Å². The molecule has 3 nitrogen and oxygen atoms in total. The van der Waals surface area contributed by atoms with E-state index < -0.39 is 0 Å². The van der Waals surface area contributed by atoms with Gasteiger partial charge in [0.1, 0.15) is 0 Å². The average molecular weight is 459 g/mol. The first-order valence-corrected chi connectivity index (χ1v) is 8.76. The van der Waals surface area contributed by atoms with Crippen LogP contribution >= 0.6 is 36.7 Å². The minimum absolute atomic E-state index is 0. The van der Waals surface area contributed by atoms with Crippen molar-refractivity contribution in [1.29, 1.82) is 0 Å². The van der Waals surface area contributed by atoms with Crippen LogP contribution in [0.25, 0.3) is 0 Å². The van der Waals surface area contributed by atoms with Crippen LogP contribution in [0.5, 0.6) is 0 Å². The maximum Gasteiger partial charge on any atom is 3.00 e. The van der Waals surface area contributed by atoms with Crippen LogP contribution < -0.4 is 0 Å². The molecular weight excluding hydrogens is 434 g/mol. The van der Waals surface area contributed by atoms with Crippen LogP contribution in [0.3, 0.4) is 0 Å². The van der Waals surface area contributed by atoms with E-state index in [1.807, 2.05) is 56.6 Å². The number of hydrogen-bond acceptors (Lipinski definition) is 6. The van der Waals surface area contributed by atoms with Crippen molar-refractivity contribution in [2.45, 2.75) is 20.8 Å². The smallest absolute Gasteiger partial charge is 0.411 e. The summed E-state index contributed by atoms with van der Waals surface area (Å²) in [6.45, 7) is 8.75. The van der Waals surface area contributed by atoms with E-state index in [0.717, 1.165) is 19.6 Å². The standard InChI is InChI=1S/3C4H9NS2.Fe/c3*1-3-5(2)4(6)7;/h3*3H2,1-2H3,(H,6,7);/q;;;+3/p-3. The van der Waals surface area contributed by atoms with Gasteiger partial charge in [-0.15, -0.1) is 0 Å². The van der Waals surface area contributed by atoms with Gasteiger partial charge in [0.2, 0.25) is 0 Å². The predicted octanol–water partition coefficient (Wildman–Crippen LogP) is 2.31. The quantitative estimate of drug-likeness (QED) is 0.355. The van der Waals surface area contributed by atoms with E-state index in [4.69, 9.17) is 0 Å². The molecule has 0 amide bonds. The molecule has 1 radical (unpaired) electrons. The van der Waals surface area contributed by atoms with Gasteiger partial charge in [-0.3, -0.25) is 0 Å². The summed E-state index contributed by atoms with van der Waals surface area (Å²) in [4.78, 5) is 5.51. The fourth-order valence-corrected chi connectivity index (χ4v) is 1.16. The number of nitrogens with zero attached hydrogens (tertiary/aromatic N) is 3. The second-order valence-electron chi connectivity index (χ2n) is 3.84. The molecule has 10 heteroatoms. The Morgan fingerprint density at radius 2 is 0.773 bits per heavy atom. The Kier molecular flexibility index (Phi) is 27.8. The molecule has 0 saturated heterocycles. The molecular formula is C12H24FeN3S6. The normalized spacial score (nSPS) is 7.91. The van der Waals surface area contributed by atoms with Crippen molar-refractivity contribution in [3.05, 3.63) is 0 Å². The van der Waals surface area contributed by atoms with Crippen molar-refractivity contribution in [3.63, 3.8) is 0 Å². The summed E-state index contributed by atoms with van der Waals surface area (Å²) in [5.74, 6) is 0. The Morgan fingerprint density at radius 3 is 0.773 bits per heavy atom. The van der Waals surface area contributed by atoms with Crippen molar-refractivity contribution in [2.24, 2.45) is 0 Å². The molecule has 0 aliphatic carbocycles. The second-order valence-corrected chi connectivity index (χ2v) is 6.94. The molecule has 0 fully saturated rings. The van der Waals surface area contributed by atoms with Crippen molar-refractivity contribution in [2.75, 3.05) is 40.8 Å². The van der Waals surface area contributed by atoms with Gasteiger partial charge in [0.15, 0.2) is 0 Å². The van der Waals surface area contributed by atoms with Gasteiger partial charge in [0.25, 0.3) is 0 Å². The topological polar surface area (TPSA) is 9.72 Å². The monoisotopic (exact) mass is 458 g/mol. The molecule has 0 rings (SSSR count). The van der Waals surface area contributed by atoms with Crippen LogP contribution in [-0.4, -0.2) is 68.4 Å². The van der Waals surface area contributed by atoms with Crippen LogP contribution in [0.15, 0.2) is 0 Å². The van der Waals surface area contributed by atoms with E-state index in [0.29, 0.717) is 13.0 Å². The third-order valence-electron chi connectivity index (χ3n) is 2.36. The molecule has 0 bridgehead atoms. The first-order valence-electron chi connectivity index (χ1n) is 6.31. The molecule has 22 heavy (non-hydrogen) atoms. The molecule has 0 saturated carbocycles. The number of hydrogen-bond donors (Lipinski definition) is 0. The number of rotatable bonds is 3. The molecule has 0 aliphatic rings. The fraction of sp³-hybridized carbons (Fsp3) is 0.750. The minimum Gasteiger partial charge on any atom is -0.411 e. The van der Waals surface area contributed by atoms with Crippen molar-refractivity contribution in [3.8, 4) is 0 Å². The molecule has 0 heterocycles. The van der Waals surface area contributed by atoms with Gasteiger partial charge in [0, 0.05) is 40.8 Å². The Morgan fingerprint density at radius 1 is 0.636 bits per heavy atom. The average Bonchev–Trinajstić information content (AvgIpc) is 2.45. The summed E-state index contributed by atoms with van der Waals surface area (Å²) in [6, 6.07) is 0. The fourth-order valence-electron chi connectivity index (χ4n) is 0.387. The van der Waals surface area contributed by atoms with Crippen LogP contribution in [0, 0.1) is 0 Å². The molecule has 0 spiro atoms. The zero-order valence-corrected chi connectivity index (χ0v) is 19.8. The minimum atomic E-state index is 0. The molecule has 0 aromatic heterocycles. The van der Waals surface area contributed by atoms with Crippen LogP contribution in [0.2, 0.25) is 0 Å². The van der Waals surface area contributed by atoms with Crippen molar-refractivity contribution >= 4 is 87.5 Å². The molecule has 0 aromatic rings. The largest absolute Gasteiger partial charge is 3.00 e. The summed E-state index contributed by atoms with van der Waals surface area (Å²) >= 11 is 27.9. The van der Waals surface area contributed by atoms with Gasteiger partial charge < -0.3 is 89.2 Å². The van der Waals surface area contributed by atoms with E-state index >= 15 is 0 Å². The Labute approximate surface area is 179 Å². The Hall–Kier alpha value is 0.849. The third-order valence-corrected chi connectivity index (χ3v) is 4.23. The summed E-state index contributed by atoms with van der Waals surface area (Å²) in [7, 11) is 5.65. The zero-order chi connectivity index (χ0) is 17.6.